The fourth-order valence-electron chi connectivity index (χ4n) is 4.52. The average Bonchev–Trinajstić information content (AvgIpc) is 3.82. The quantitative estimate of drug-likeness (QED) is 0.329. The van der Waals surface area contributed by atoms with Gasteiger partial charge in [-0.1, -0.05) is 6.92 Å². The Labute approximate surface area is 213 Å². The second-order valence-corrected chi connectivity index (χ2v) is 10.8. The summed E-state index contributed by atoms with van der Waals surface area (Å²) in [5, 5.41) is 3.20. The van der Waals surface area contributed by atoms with Gasteiger partial charge in [0, 0.05) is 35.4 Å². The van der Waals surface area contributed by atoms with E-state index in [1.54, 1.807) is 34.9 Å². The van der Waals surface area contributed by atoms with E-state index < -0.39 is 0 Å². The monoisotopic (exact) mass is 500 g/mol. The van der Waals surface area contributed by atoms with Crippen LogP contribution >= 0.6 is 11.8 Å². The van der Waals surface area contributed by atoms with Crippen molar-refractivity contribution in [1.82, 2.24) is 34.5 Å². The van der Waals surface area contributed by atoms with E-state index >= 15 is 0 Å². The molecule has 4 aromatic rings. The third-order valence-electron chi connectivity index (χ3n) is 6.79. The van der Waals surface area contributed by atoms with Crippen molar-refractivity contribution in [3.63, 3.8) is 0 Å². The Kier molecular flexibility index (Phi) is 6.12. The molecule has 0 spiro atoms. The zero-order chi connectivity index (χ0) is 24.6. The first-order chi connectivity index (χ1) is 17.6. The number of fused-ring (bicyclic) bond motifs is 1. The van der Waals surface area contributed by atoms with E-state index in [2.05, 4.69) is 50.2 Å². The van der Waals surface area contributed by atoms with Crippen LogP contribution in [0.1, 0.15) is 62.9 Å². The van der Waals surface area contributed by atoms with Crippen molar-refractivity contribution >= 4 is 28.9 Å². The summed E-state index contributed by atoms with van der Waals surface area (Å²) in [4.78, 5) is 42.5. The summed E-state index contributed by atoms with van der Waals surface area (Å²) in [5.74, 6) is 2.15. The van der Waals surface area contributed by atoms with Crippen molar-refractivity contribution in [2.45, 2.75) is 62.9 Å². The van der Waals surface area contributed by atoms with Crippen LogP contribution in [0, 0.1) is 5.92 Å². The third-order valence-corrected chi connectivity index (χ3v) is 7.66. The summed E-state index contributed by atoms with van der Waals surface area (Å²) in [5.41, 5.74) is 3.92. The van der Waals surface area contributed by atoms with Gasteiger partial charge in [-0.3, -0.25) is 24.3 Å². The highest BCUT2D eigenvalue weighted by Crippen LogP contribution is 2.42. The molecule has 0 aliphatic heterocycles. The summed E-state index contributed by atoms with van der Waals surface area (Å²) >= 11 is 1.75. The van der Waals surface area contributed by atoms with Crippen LogP contribution in [0.5, 0.6) is 0 Å². The number of rotatable bonds is 9. The molecule has 0 aromatic carbocycles. The molecule has 1 atom stereocenters. The fraction of sp³-hybridized carbons (Fsp3) is 0.423. The van der Waals surface area contributed by atoms with Gasteiger partial charge in [0.2, 0.25) is 0 Å². The summed E-state index contributed by atoms with van der Waals surface area (Å²) in [6.45, 7) is 4.60. The minimum absolute atomic E-state index is 0.00124. The first kappa shape index (κ1) is 23.0. The van der Waals surface area contributed by atoms with Crippen molar-refractivity contribution < 1.29 is 0 Å². The van der Waals surface area contributed by atoms with E-state index in [4.69, 9.17) is 4.98 Å². The zero-order valence-corrected chi connectivity index (χ0v) is 21.2. The Hall–Kier alpha value is -3.40. The number of anilines is 1. The van der Waals surface area contributed by atoms with Gasteiger partial charge in [0.1, 0.15) is 11.4 Å². The van der Waals surface area contributed by atoms with Crippen LogP contribution in [0.15, 0.2) is 46.6 Å². The van der Waals surface area contributed by atoms with Crippen molar-refractivity contribution in [3.05, 3.63) is 58.7 Å². The molecule has 2 fully saturated rings. The number of hydrogen-bond acceptors (Lipinski definition) is 9. The second kappa shape index (κ2) is 9.57. The summed E-state index contributed by atoms with van der Waals surface area (Å²) in [6.07, 6.45) is 11.4. The first-order valence-corrected chi connectivity index (χ1v) is 13.5. The molecule has 2 saturated carbocycles. The predicted molar refractivity (Wildman–Crippen MR) is 140 cm³/mol. The van der Waals surface area contributed by atoms with E-state index in [1.807, 2.05) is 12.3 Å². The Bertz CT molecular complexity index is 1460. The molecule has 2 aliphatic rings. The lowest BCUT2D eigenvalue weighted by atomic mass is 10.1. The molecule has 4 aromatic heterocycles. The molecule has 1 N–H and O–H groups in total. The molecule has 0 radical (unpaired) electrons. The highest BCUT2D eigenvalue weighted by molar-refractivity contribution is 7.99. The molecule has 36 heavy (non-hydrogen) atoms. The Morgan fingerprint density at radius 2 is 1.89 bits per heavy atom. The van der Waals surface area contributed by atoms with Gasteiger partial charge in [-0.05, 0) is 56.4 Å². The molecule has 4 heterocycles. The number of nitrogens with one attached hydrogen (secondary N) is 1. The lowest BCUT2D eigenvalue weighted by Gasteiger charge is -2.18. The van der Waals surface area contributed by atoms with Gasteiger partial charge in [0.25, 0.3) is 5.56 Å². The maximum Gasteiger partial charge on any atom is 0.295 e. The van der Waals surface area contributed by atoms with Crippen molar-refractivity contribution in [2.75, 3.05) is 11.1 Å². The molecule has 10 heteroatoms. The topological polar surface area (TPSA) is 111 Å². The van der Waals surface area contributed by atoms with Gasteiger partial charge in [0.15, 0.2) is 17.1 Å². The minimum atomic E-state index is -0.187. The SMILES string of the molecule is CCSc1ccc(CNc2nc3ncc(-c4nccnc4C4CC4)nc3n([C@@H](C)C3CC3)c2=O)nc1. The molecular formula is C26H28N8OS. The summed E-state index contributed by atoms with van der Waals surface area (Å²) < 4.78 is 1.76. The highest BCUT2D eigenvalue weighted by atomic mass is 32.2. The van der Waals surface area contributed by atoms with E-state index in [-0.39, 0.29) is 17.4 Å². The van der Waals surface area contributed by atoms with E-state index in [0.29, 0.717) is 35.4 Å². The molecular weight excluding hydrogens is 472 g/mol. The molecule has 0 amide bonds. The molecule has 0 bridgehead atoms. The number of aromatic nitrogens is 7. The van der Waals surface area contributed by atoms with Gasteiger partial charge < -0.3 is 5.32 Å². The molecule has 6 rings (SSSR count). The molecule has 9 nitrogen and oxygen atoms in total. The lowest BCUT2D eigenvalue weighted by molar-refractivity contribution is 0.482. The van der Waals surface area contributed by atoms with Crippen LogP contribution in [0.25, 0.3) is 22.7 Å². The Balaban J connectivity index is 1.38. The summed E-state index contributed by atoms with van der Waals surface area (Å²) in [7, 11) is 0. The Morgan fingerprint density at radius 1 is 1.06 bits per heavy atom. The van der Waals surface area contributed by atoms with Crippen LogP contribution in [-0.4, -0.2) is 40.2 Å². The van der Waals surface area contributed by atoms with Crippen LogP contribution in [0.4, 0.5) is 5.82 Å². The fourth-order valence-corrected chi connectivity index (χ4v) is 5.14. The first-order valence-electron chi connectivity index (χ1n) is 12.5. The van der Waals surface area contributed by atoms with Crippen LogP contribution < -0.4 is 10.9 Å². The van der Waals surface area contributed by atoms with Gasteiger partial charge in [-0.25, -0.2) is 15.0 Å². The molecule has 0 unspecified atom stereocenters. The highest BCUT2D eigenvalue weighted by Gasteiger charge is 2.33. The number of nitrogens with zero attached hydrogens (tertiary/aromatic N) is 7. The molecule has 2 aliphatic carbocycles. The molecule has 0 saturated heterocycles. The number of hydrogen-bond donors (Lipinski definition) is 1. The van der Waals surface area contributed by atoms with E-state index in [9.17, 15) is 4.79 Å². The van der Waals surface area contributed by atoms with Gasteiger partial charge in [-0.2, -0.15) is 0 Å². The van der Waals surface area contributed by atoms with Crippen molar-refractivity contribution in [3.8, 4) is 11.4 Å². The minimum Gasteiger partial charge on any atom is -0.360 e. The van der Waals surface area contributed by atoms with Crippen LogP contribution in [0.2, 0.25) is 0 Å². The van der Waals surface area contributed by atoms with Crippen LogP contribution in [0.3, 0.4) is 0 Å². The standard InChI is InChI=1S/C26H28N8OS/c1-3-36-19-9-8-18(29-13-19)12-30-24-26(35)34(15(2)16-4-5-16)25-23(33-24)31-14-20(32-25)22-21(17-6-7-17)27-10-11-28-22/h8-11,13-17H,3-7,12H2,1-2H3,(H,30,31,33)/t15-/m0/s1. The number of pyridine rings is 1. The average molecular weight is 501 g/mol. The normalized spacial score (nSPS) is 16.3. The summed E-state index contributed by atoms with van der Waals surface area (Å²) in [6, 6.07) is 4.03. The van der Waals surface area contributed by atoms with Gasteiger partial charge in [0.05, 0.1) is 24.1 Å². The number of thioether (sulfide) groups is 1. The largest absolute Gasteiger partial charge is 0.360 e. The van der Waals surface area contributed by atoms with Crippen molar-refractivity contribution in [2.24, 2.45) is 5.92 Å². The van der Waals surface area contributed by atoms with E-state index in [0.717, 1.165) is 53.4 Å². The lowest BCUT2D eigenvalue weighted by Crippen LogP contribution is -2.29. The molecule has 184 valence electrons. The maximum atomic E-state index is 13.7. The zero-order valence-electron chi connectivity index (χ0n) is 20.4. The smallest absolute Gasteiger partial charge is 0.295 e. The Morgan fingerprint density at radius 3 is 2.61 bits per heavy atom. The third kappa shape index (κ3) is 4.57. The van der Waals surface area contributed by atoms with Crippen molar-refractivity contribution in [1.29, 1.82) is 0 Å². The van der Waals surface area contributed by atoms with Gasteiger partial charge in [-0.15, -0.1) is 11.8 Å². The van der Waals surface area contributed by atoms with Gasteiger partial charge >= 0.3 is 0 Å². The predicted octanol–water partition coefficient (Wildman–Crippen LogP) is 4.61. The second-order valence-electron chi connectivity index (χ2n) is 9.45. The van der Waals surface area contributed by atoms with Crippen LogP contribution in [-0.2, 0) is 6.54 Å². The van der Waals surface area contributed by atoms with E-state index in [1.165, 1.54) is 0 Å². The maximum absolute atomic E-state index is 13.7.